The topological polar surface area (TPSA) is 81.7 Å². The largest absolute Gasteiger partial charge is 0.223 e. The van der Waals surface area contributed by atoms with E-state index in [1.54, 1.807) is 0 Å². The summed E-state index contributed by atoms with van der Waals surface area (Å²) in [4.78, 5) is -0.00335. The van der Waals surface area contributed by atoms with Crippen LogP contribution in [0.3, 0.4) is 0 Å². The van der Waals surface area contributed by atoms with Crippen LogP contribution in [0, 0.1) is 33.9 Å². The molecule has 0 N–H and O–H groups in total. The molecule has 120 valence electrons. The molecule has 2 aromatic rings. The maximum absolute atomic E-state index is 13.1. The molecule has 4 nitrogen and oxygen atoms in total. The SMILES string of the molecule is N#CC1(C#N)[C@H](c2ccc(F)cc2)[C@H]1S(=O)(=O)c1ccc(Cl)cc1. The summed E-state index contributed by atoms with van der Waals surface area (Å²) in [5, 5.41) is 18.0. The van der Waals surface area contributed by atoms with E-state index in [0.29, 0.717) is 10.6 Å². The fourth-order valence-electron chi connectivity index (χ4n) is 2.95. The lowest BCUT2D eigenvalue weighted by atomic mass is 10.0. The average molecular weight is 361 g/mol. The third-order valence-electron chi connectivity index (χ3n) is 4.21. The van der Waals surface area contributed by atoms with Crippen LogP contribution in [-0.2, 0) is 9.84 Å². The molecule has 0 unspecified atom stereocenters. The summed E-state index contributed by atoms with van der Waals surface area (Å²) in [6.07, 6.45) is 0. The zero-order chi connectivity index (χ0) is 17.5. The van der Waals surface area contributed by atoms with E-state index in [-0.39, 0.29) is 4.90 Å². The minimum Gasteiger partial charge on any atom is -0.223 e. The molecule has 0 heterocycles. The summed E-state index contributed by atoms with van der Waals surface area (Å²) in [6, 6.07) is 14.4. The average Bonchev–Trinajstić information content (AvgIpc) is 3.26. The first-order chi connectivity index (χ1) is 11.4. The maximum Gasteiger partial charge on any atom is 0.184 e. The Morgan fingerprint density at radius 3 is 2.04 bits per heavy atom. The molecule has 0 amide bonds. The number of hydrogen-bond donors (Lipinski definition) is 0. The van der Waals surface area contributed by atoms with Gasteiger partial charge in [-0.1, -0.05) is 23.7 Å². The zero-order valence-corrected chi connectivity index (χ0v) is 13.7. The van der Waals surface area contributed by atoms with Crippen LogP contribution in [-0.4, -0.2) is 13.7 Å². The predicted molar refractivity (Wildman–Crippen MR) is 85.2 cm³/mol. The van der Waals surface area contributed by atoms with Crippen LogP contribution in [0.2, 0.25) is 5.02 Å². The quantitative estimate of drug-likeness (QED) is 0.839. The van der Waals surface area contributed by atoms with Crippen molar-refractivity contribution in [3.8, 4) is 12.1 Å². The number of halogens is 2. The standard InChI is InChI=1S/C17H10ClFN2O2S/c18-12-3-7-14(8-4-12)24(22,23)16-15(17(16,9-20)10-21)11-1-5-13(19)6-2-11/h1-8,15-16H/t15-,16-/m1/s1. The molecule has 2 aromatic carbocycles. The van der Waals surface area contributed by atoms with Gasteiger partial charge < -0.3 is 0 Å². The van der Waals surface area contributed by atoms with Gasteiger partial charge >= 0.3 is 0 Å². The minimum absolute atomic E-state index is 0.00335. The van der Waals surface area contributed by atoms with Crippen molar-refractivity contribution in [2.75, 3.05) is 0 Å². The van der Waals surface area contributed by atoms with Gasteiger partial charge in [-0.25, -0.2) is 12.8 Å². The van der Waals surface area contributed by atoms with Gasteiger partial charge in [0.15, 0.2) is 15.3 Å². The van der Waals surface area contributed by atoms with Crippen LogP contribution in [0.25, 0.3) is 0 Å². The van der Waals surface area contributed by atoms with Crippen LogP contribution in [0.5, 0.6) is 0 Å². The first kappa shape index (κ1) is 16.4. The van der Waals surface area contributed by atoms with Gasteiger partial charge in [-0.3, -0.25) is 0 Å². The molecule has 1 fully saturated rings. The molecule has 24 heavy (non-hydrogen) atoms. The predicted octanol–water partition coefficient (Wildman–Crippen LogP) is 3.45. The van der Waals surface area contributed by atoms with Crippen LogP contribution in [0.15, 0.2) is 53.4 Å². The molecule has 1 aliphatic rings. The van der Waals surface area contributed by atoms with E-state index in [9.17, 15) is 23.3 Å². The van der Waals surface area contributed by atoms with Gasteiger partial charge in [-0.15, -0.1) is 0 Å². The smallest absolute Gasteiger partial charge is 0.184 e. The molecule has 0 aliphatic heterocycles. The van der Waals surface area contributed by atoms with E-state index in [4.69, 9.17) is 11.6 Å². The molecule has 3 rings (SSSR count). The fourth-order valence-corrected chi connectivity index (χ4v) is 5.28. The molecule has 0 radical (unpaired) electrons. The number of sulfone groups is 1. The number of hydrogen-bond acceptors (Lipinski definition) is 4. The first-order valence-electron chi connectivity index (χ1n) is 6.94. The Morgan fingerprint density at radius 1 is 1.00 bits per heavy atom. The molecule has 1 saturated carbocycles. The Kier molecular flexibility index (Phi) is 3.83. The van der Waals surface area contributed by atoms with Crippen molar-refractivity contribution >= 4 is 21.4 Å². The Morgan fingerprint density at radius 2 is 1.54 bits per heavy atom. The van der Waals surface area contributed by atoms with Crippen molar-refractivity contribution in [3.05, 3.63) is 64.9 Å². The highest BCUT2D eigenvalue weighted by molar-refractivity contribution is 7.92. The minimum atomic E-state index is -3.92. The molecule has 0 saturated heterocycles. The molecule has 0 spiro atoms. The van der Waals surface area contributed by atoms with Crippen LogP contribution in [0.1, 0.15) is 11.5 Å². The Bertz CT molecular complexity index is 959. The van der Waals surface area contributed by atoms with Crippen LogP contribution in [0.4, 0.5) is 4.39 Å². The second kappa shape index (κ2) is 5.59. The first-order valence-corrected chi connectivity index (χ1v) is 8.86. The van der Waals surface area contributed by atoms with Gasteiger partial charge in [0.1, 0.15) is 11.1 Å². The molecule has 0 bridgehead atoms. The molecule has 1 aliphatic carbocycles. The Labute approximate surface area is 143 Å². The second-order valence-electron chi connectivity index (χ2n) is 5.54. The third-order valence-corrected chi connectivity index (χ3v) is 6.70. The maximum atomic E-state index is 13.1. The van der Waals surface area contributed by atoms with E-state index in [1.807, 2.05) is 12.1 Å². The molecule has 2 atom stereocenters. The molecule has 0 aromatic heterocycles. The summed E-state index contributed by atoms with van der Waals surface area (Å²) in [6.45, 7) is 0. The lowest BCUT2D eigenvalue weighted by Gasteiger charge is -2.04. The van der Waals surface area contributed by atoms with Crippen LogP contribution < -0.4 is 0 Å². The summed E-state index contributed by atoms with van der Waals surface area (Å²) < 4.78 is 38.8. The fraction of sp³-hybridized carbons (Fsp3) is 0.176. The van der Waals surface area contributed by atoms with Crippen molar-refractivity contribution in [2.24, 2.45) is 5.41 Å². The molecular weight excluding hydrogens is 351 g/mol. The highest BCUT2D eigenvalue weighted by atomic mass is 35.5. The monoisotopic (exact) mass is 360 g/mol. The summed E-state index contributed by atoms with van der Waals surface area (Å²) in [5.41, 5.74) is -1.24. The zero-order valence-electron chi connectivity index (χ0n) is 12.1. The Balaban J connectivity index is 2.09. The van der Waals surface area contributed by atoms with Crippen LogP contribution >= 0.6 is 11.6 Å². The molecule has 7 heteroatoms. The van der Waals surface area contributed by atoms with Crippen molar-refractivity contribution in [1.82, 2.24) is 0 Å². The van der Waals surface area contributed by atoms with Gasteiger partial charge in [0.05, 0.1) is 17.0 Å². The lowest BCUT2D eigenvalue weighted by Crippen LogP contribution is -2.14. The normalized spacial score (nSPS) is 21.5. The summed E-state index contributed by atoms with van der Waals surface area (Å²) in [5.74, 6) is -1.30. The second-order valence-corrected chi connectivity index (χ2v) is 8.05. The van der Waals surface area contributed by atoms with E-state index in [2.05, 4.69) is 0 Å². The van der Waals surface area contributed by atoms with Gasteiger partial charge in [-0.05, 0) is 42.0 Å². The van der Waals surface area contributed by atoms with Crippen molar-refractivity contribution in [1.29, 1.82) is 10.5 Å². The number of nitriles is 2. The van der Waals surface area contributed by atoms with E-state index < -0.39 is 32.2 Å². The third kappa shape index (κ3) is 2.36. The molecular formula is C17H10ClFN2O2S. The summed E-state index contributed by atoms with van der Waals surface area (Å²) >= 11 is 5.77. The van der Waals surface area contributed by atoms with E-state index in [0.717, 1.165) is 0 Å². The van der Waals surface area contributed by atoms with E-state index in [1.165, 1.54) is 48.5 Å². The van der Waals surface area contributed by atoms with Gasteiger partial charge in [0.2, 0.25) is 0 Å². The van der Waals surface area contributed by atoms with E-state index >= 15 is 0 Å². The van der Waals surface area contributed by atoms with Crippen molar-refractivity contribution in [2.45, 2.75) is 16.1 Å². The van der Waals surface area contributed by atoms with Gasteiger partial charge in [-0.2, -0.15) is 10.5 Å². The number of rotatable bonds is 3. The highest BCUT2D eigenvalue weighted by Gasteiger charge is 2.73. The highest BCUT2D eigenvalue weighted by Crippen LogP contribution is 2.63. The van der Waals surface area contributed by atoms with Gasteiger partial charge in [0.25, 0.3) is 0 Å². The lowest BCUT2D eigenvalue weighted by molar-refractivity contribution is 0.591. The number of benzene rings is 2. The Hall–Kier alpha value is -2.41. The van der Waals surface area contributed by atoms with Crippen molar-refractivity contribution < 1.29 is 12.8 Å². The number of nitrogens with zero attached hydrogens (tertiary/aromatic N) is 2. The van der Waals surface area contributed by atoms with Crippen molar-refractivity contribution in [3.63, 3.8) is 0 Å². The summed E-state index contributed by atoms with van der Waals surface area (Å²) in [7, 11) is -3.92. The van der Waals surface area contributed by atoms with Gasteiger partial charge in [0, 0.05) is 10.9 Å².